The Hall–Kier alpha value is -1.63. The van der Waals surface area contributed by atoms with E-state index in [4.69, 9.17) is 5.73 Å². The Labute approximate surface area is 98.6 Å². The second-order valence-electron chi connectivity index (χ2n) is 4.23. The molecule has 0 saturated carbocycles. The minimum atomic E-state index is -0.845. The Balaban J connectivity index is 2.34. The molecule has 2 rings (SSSR count). The van der Waals surface area contributed by atoms with Crippen molar-refractivity contribution in [3.8, 4) is 0 Å². The van der Waals surface area contributed by atoms with E-state index in [0.717, 1.165) is 19.5 Å². The van der Waals surface area contributed by atoms with Crippen LogP contribution in [0.15, 0.2) is 0 Å². The third-order valence-electron chi connectivity index (χ3n) is 3.11. The Morgan fingerprint density at radius 1 is 1.71 bits per heavy atom. The van der Waals surface area contributed by atoms with E-state index < -0.39 is 11.7 Å². The maximum absolute atomic E-state index is 14.0. The molecule has 6 nitrogen and oxygen atoms in total. The molecule has 0 bridgehead atoms. The zero-order chi connectivity index (χ0) is 12.6. The Kier molecular flexibility index (Phi) is 3.01. The summed E-state index contributed by atoms with van der Waals surface area (Å²) in [5, 5.41) is 7.01. The first-order valence-electron chi connectivity index (χ1n) is 5.48. The van der Waals surface area contributed by atoms with Gasteiger partial charge in [0.25, 0.3) is 5.91 Å². The highest BCUT2D eigenvalue weighted by Gasteiger charge is 2.28. The van der Waals surface area contributed by atoms with E-state index in [1.807, 2.05) is 0 Å². The van der Waals surface area contributed by atoms with E-state index in [2.05, 4.69) is 10.4 Å². The van der Waals surface area contributed by atoms with E-state index in [1.54, 1.807) is 19.0 Å². The van der Waals surface area contributed by atoms with Crippen molar-refractivity contribution < 1.29 is 9.18 Å². The summed E-state index contributed by atoms with van der Waals surface area (Å²) >= 11 is 0. The van der Waals surface area contributed by atoms with Crippen molar-refractivity contribution in [2.45, 2.75) is 12.5 Å². The molecule has 0 aromatic carbocycles. The number of hydrogen-bond donors (Lipinski definition) is 2. The lowest BCUT2D eigenvalue weighted by molar-refractivity contribution is 0.0991. The normalized spacial score (nSPS) is 19.6. The van der Waals surface area contributed by atoms with Gasteiger partial charge in [-0.2, -0.15) is 5.10 Å². The SMILES string of the molecule is CN(c1c(F)c(C(N)=O)nn1C)[C@H]1CCNC1. The Morgan fingerprint density at radius 3 is 2.88 bits per heavy atom. The van der Waals surface area contributed by atoms with Crippen LogP contribution in [-0.4, -0.2) is 41.9 Å². The van der Waals surface area contributed by atoms with E-state index in [9.17, 15) is 9.18 Å². The van der Waals surface area contributed by atoms with Crippen LogP contribution < -0.4 is 16.0 Å². The van der Waals surface area contributed by atoms with Gasteiger partial charge in [-0.1, -0.05) is 0 Å². The number of aryl methyl sites for hydroxylation is 1. The van der Waals surface area contributed by atoms with Crippen LogP contribution in [0.2, 0.25) is 0 Å². The minimum absolute atomic E-state index is 0.209. The van der Waals surface area contributed by atoms with Crippen LogP contribution in [0.3, 0.4) is 0 Å². The largest absolute Gasteiger partial charge is 0.364 e. The molecular weight excluding hydrogens is 225 g/mol. The average Bonchev–Trinajstić information content (AvgIpc) is 2.86. The quantitative estimate of drug-likeness (QED) is 0.745. The highest BCUT2D eigenvalue weighted by Crippen LogP contribution is 2.23. The van der Waals surface area contributed by atoms with Crippen molar-refractivity contribution >= 4 is 11.7 Å². The van der Waals surface area contributed by atoms with Crippen molar-refractivity contribution in [3.63, 3.8) is 0 Å². The highest BCUT2D eigenvalue weighted by atomic mass is 19.1. The number of nitrogens with one attached hydrogen (secondary N) is 1. The smallest absolute Gasteiger partial charge is 0.272 e. The summed E-state index contributed by atoms with van der Waals surface area (Å²) < 4.78 is 15.4. The van der Waals surface area contributed by atoms with Crippen LogP contribution in [0.5, 0.6) is 0 Å². The fraction of sp³-hybridized carbons (Fsp3) is 0.600. The van der Waals surface area contributed by atoms with Gasteiger partial charge in [-0.15, -0.1) is 0 Å². The zero-order valence-corrected chi connectivity index (χ0v) is 9.90. The molecule has 1 aromatic heterocycles. The molecular formula is C10H16FN5O. The van der Waals surface area contributed by atoms with Gasteiger partial charge in [0.1, 0.15) is 0 Å². The summed E-state index contributed by atoms with van der Waals surface area (Å²) in [4.78, 5) is 12.8. The second-order valence-corrected chi connectivity index (χ2v) is 4.23. The molecule has 1 saturated heterocycles. The molecule has 0 spiro atoms. The number of amides is 1. The summed E-state index contributed by atoms with van der Waals surface area (Å²) in [5.41, 5.74) is 4.76. The number of likely N-dealkylation sites (N-methyl/N-ethyl adjacent to an activating group) is 1. The summed E-state index contributed by atoms with van der Waals surface area (Å²) in [6, 6.07) is 0.209. The maximum Gasteiger partial charge on any atom is 0.272 e. The van der Waals surface area contributed by atoms with Gasteiger partial charge < -0.3 is 16.0 Å². The second kappa shape index (κ2) is 4.33. The maximum atomic E-state index is 14.0. The van der Waals surface area contributed by atoms with Gasteiger partial charge in [-0.25, -0.2) is 9.07 Å². The molecule has 1 aliphatic heterocycles. The molecule has 0 unspecified atom stereocenters. The number of hydrogen-bond acceptors (Lipinski definition) is 4. The van der Waals surface area contributed by atoms with Gasteiger partial charge in [-0.05, 0) is 13.0 Å². The van der Waals surface area contributed by atoms with Gasteiger partial charge >= 0.3 is 0 Å². The predicted octanol–water partition coefficient (Wildman–Crippen LogP) is -0.544. The fourth-order valence-corrected chi connectivity index (χ4v) is 2.17. The van der Waals surface area contributed by atoms with Gasteiger partial charge in [-0.3, -0.25) is 4.79 Å². The van der Waals surface area contributed by atoms with E-state index in [0.29, 0.717) is 5.82 Å². The topological polar surface area (TPSA) is 76.2 Å². The zero-order valence-electron chi connectivity index (χ0n) is 9.90. The molecule has 1 aromatic rings. The number of carbonyl (C=O) groups is 1. The number of rotatable bonds is 3. The third kappa shape index (κ3) is 1.97. The van der Waals surface area contributed by atoms with Crippen LogP contribution in [-0.2, 0) is 7.05 Å². The Bertz CT molecular complexity index is 438. The summed E-state index contributed by atoms with van der Waals surface area (Å²) in [6.07, 6.45) is 0.938. The first kappa shape index (κ1) is 11.8. The van der Waals surface area contributed by atoms with E-state index >= 15 is 0 Å². The molecule has 3 N–H and O–H groups in total. The first-order chi connectivity index (χ1) is 8.02. The molecule has 0 radical (unpaired) electrons. The number of primary amides is 1. The molecule has 1 atom stereocenters. The van der Waals surface area contributed by atoms with Crippen LogP contribution in [0.1, 0.15) is 16.9 Å². The fourth-order valence-electron chi connectivity index (χ4n) is 2.17. The van der Waals surface area contributed by atoms with Crippen molar-refractivity contribution in [2.24, 2.45) is 12.8 Å². The van der Waals surface area contributed by atoms with Gasteiger partial charge in [0.2, 0.25) is 0 Å². The van der Waals surface area contributed by atoms with Crippen LogP contribution in [0.25, 0.3) is 0 Å². The lowest BCUT2D eigenvalue weighted by Gasteiger charge is -2.25. The molecule has 1 fully saturated rings. The predicted molar refractivity (Wildman–Crippen MR) is 61.4 cm³/mol. The first-order valence-corrected chi connectivity index (χ1v) is 5.48. The van der Waals surface area contributed by atoms with E-state index in [1.165, 1.54) is 4.68 Å². The number of halogens is 1. The standard InChI is InChI=1S/C10H16FN5O/c1-15(6-3-4-13-5-6)10-7(11)8(9(12)17)14-16(10)2/h6,13H,3-5H2,1-2H3,(H2,12,17)/t6-/m0/s1. The number of nitrogens with zero attached hydrogens (tertiary/aromatic N) is 3. The van der Waals surface area contributed by atoms with Crippen molar-refractivity contribution in [1.82, 2.24) is 15.1 Å². The molecule has 94 valence electrons. The molecule has 1 amide bonds. The highest BCUT2D eigenvalue weighted by molar-refractivity contribution is 5.92. The van der Waals surface area contributed by atoms with Crippen molar-refractivity contribution in [3.05, 3.63) is 11.5 Å². The Morgan fingerprint density at radius 2 is 2.41 bits per heavy atom. The van der Waals surface area contributed by atoms with Crippen LogP contribution in [0, 0.1) is 5.82 Å². The molecule has 2 heterocycles. The molecule has 0 aliphatic carbocycles. The van der Waals surface area contributed by atoms with E-state index in [-0.39, 0.29) is 11.7 Å². The number of anilines is 1. The summed E-state index contributed by atoms with van der Waals surface area (Å²) in [7, 11) is 3.40. The molecule has 7 heteroatoms. The van der Waals surface area contributed by atoms with Crippen molar-refractivity contribution in [2.75, 3.05) is 25.0 Å². The monoisotopic (exact) mass is 241 g/mol. The summed E-state index contributed by atoms with van der Waals surface area (Å²) in [5.74, 6) is -1.19. The average molecular weight is 241 g/mol. The summed E-state index contributed by atoms with van der Waals surface area (Å²) in [6.45, 7) is 1.71. The lowest BCUT2D eigenvalue weighted by atomic mass is 10.2. The van der Waals surface area contributed by atoms with Crippen LogP contribution >= 0.6 is 0 Å². The van der Waals surface area contributed by atoms with Gasteiger partial charge in [0, 0.05) is 26.7 Å². The number of nitrogens with two attached hydrogens (primary N) is 1. The van der Waals surface area contributed by atoms with Gasteiger partial charge in [0.05, 0.1) is 0 Å². The lowest BCUT2D eigenvalue weighted by Crippen LogP contribution is -2.35. The third-order valence-corrected chi connectivity index (χ3v) is 3.11. The van der Waals surface area contributed by atoms with Crippen LogP contribution in [0.4, 0.5) is 10.2 Å². The molecule has 17 heavy (non-hydrogen) atoms. The van der Waals surface area contributed by atoms with Crippen molar-refractivity contribution in [1.29, 1.82) is 0 Å². The minimum Gasteiger partial charge on any atom is -0.364 e. The number of carbonyl (C=O) groups excluding carboxylic acids is 1. The molecule has 1 aliphatic rings. The van der Waals surface area contributed by atoms with Gasteiger partial charge in [0.15, 0.2) is 17.3 Å². The number of aromatic nitrogens is 2.